The molecule has 2 aromatic carbocycles. The molecule has 1 heterocycles. The number of aromatic amines is 1. The van der Waals surface area contributed by atoms with E-state index < -0.39 is 0 Å². The average molecular weight is 266 g/mol. The smallest absolute Gasteiger partial charge is 0.0465 e. The summed E-state index contributed by atoms with van der Waals surface area (Å²) in [6.07, 6.45) is 1.07. The van der Waals surface area contributed by atoms with E-state index in [0.717, 1.165) is 6.42 Å². The first-order valence-electron chi connectivity index (χ1n) is 7.29. The fourth-order valence-corrected chi connectivity index (χ4v) is 2.73. The molecule has 0 saturated carbocycles. The van der Waals surface area contributed by atoms with Crippen LogP contribution < -0.4 is 5.73 Å². The zero-order valence-corrected chi connectivity index (χ0v) is 12.4. The second-order valence-electron chi connectivity index (χ2n) is 6.30. The van der Waals surface area contributed by atoms with Crippen molar-refractivity contribution in [1.29, 1.82) is 0 Å². The summed E-state index contributed by atoms with van der Waals surface area (Å²) in [6, 6.07) is 15.0. The molecule has 1 unspecified atom stereocenters. The largest absolute Gasteiger partial charge is 0.355 e. The summed E-state index contributed by atoms with van der Waals surface area (Å²) in [5.74, 6) is 0. The van der Waals surface area contributed by atoms with Crippen molar-refractivity contribution in [3.8, 4) is 0 Å². The molecular weight excluding hydrogens is 244 g/mol. The van der Waals surface area contributed by atoms with Gasteiger partial charge in [0.25, 0.3) is 0 Å². The Labute approximate surface area is 120 Å². The first-order valence-corrected chi connectivity index (χ1v) is 7.29. The van der Waals surface area contributed by atoms with Crippen molar-refractivity contribution < 1.29 is 0 Å². The lowest BCUT2D eigenvalue weighted by molar-refractivity contribution is 0.278. The molecule has 0 aliphatic rings. The average Bonchev–Trinajstić information content (AvgIpc) is 2.84. The van der Waals surface area contributed by atoms with Crippen molar-refractivity contribution in [2.24, 2.45) is 11.1 Å². The molecule has 0 aliphatic carbocycles. The maximum absolute atomic E-state index is 6.48. The standard InChI is InChI=1S/C18H22N2/c1-4-18(2,3)17(19)12-9-10-16-14(11-12)13-7-5-6-8-15(13)20-16/h5-11,17,20H,4,19H2,1-3H3. The van der Waals surface area contributed by atoms with Gasteiger partial charge in [-0.15, -0.1) is 0 Å². The number of H-pyrrole nitrogens is 1. The molecule has 0 amide bonds. The molecule has 2 heteroatoms. The highest BCUT2D eigenvalue weighted by Crippen LogP contribution is 2.36. The molecule has 3 N–H and O–H groups in total. The summed E-state index contributed by atoms with van der Waals surface area (Å²) in [5.41, 5.74) is 10.2. The molecule has 20 heavy (non-hydrogen) atoms. The summed E-state index contributed by atoms with van der Waals surface area (Å²) >= 11 is 0. The fourth-order valence-electron chi connectivity index (χ4n) is 2.73. The van der Waals surface area contributed by atoms with Gasteiger partial charge in [0.05, 0.1) is 0 Å². The van der Waals surface area contributed by atoms with Gasteiger partial charge in [0.1, 0.15) is 0 Å². The molecule has 0 fully saturated rings. The number of benzene rings is 2. The third-order valence-corrected chi connectivity index (χ3v) is 4.64. The van der Waals surface area contributed by atoms with Crippen molar-refractivity contribution in [2.45, 2.75) is 33.2 Å². The van der Waals surface area contributed by atoms with Gasteiger partial charge in [-0.25, -0.2) is 0 Å². The molecule has 0 aliphatic heterocycles. The Hall–Kier alpha value is -1.80. The molecule has 0 radical (unpaired) electrons. The number of nitrogens with one attached hydrogen (secondary N) is 1. The number of nitrogens with two attached hydrogens (primary N) is 1. The van der Waals surface area contributed by atoms with Gasteiger partial charge in [-0.3, -0.25) is 0 Å². The predicted octanol–water partition coefficient (Wildman–Crippen LogP) is 4.76. The quantitative estimate of drug-likeness (QED) is 0.705. The maximum atomic E-state index is 6.48. The Morgan fingerprint density at radius 3 is 2.50 bits per heavy atom. The highest BCUT2D eigenvalue weighted by Gasteiger charge is 2.26. The minimum atomic E-state index is 0.0607. The minimum absolute atomic E-state index is 0.0607. The van der Waals surface area contributed by atoms with Gasteiger partial charge < -0.3 is 10.7 Å². The molecule has 3 aromatic rings. The van der Waals surface area contributed by atoms with Gasteiger partial charge in [0.2, 0.25) is 0 Å². The highest BCUT2D eigenvalue weighted by atomic mass is 14.7. The van der Waals surface area contributed by atoms with Crippen LogP contribution in [-0.4, -0.2) is 4.98 Å². The fraction of sp³-hybridized carbons (Fsp3) is 0.333. The van der Waals surface area contributed by atoms with Crippen molar-refractivity contribution in [1.82, 2.24) is 4.98 Å². The van der Waals surface area contributed by atoms with E-state index in [-0.39, 0.29) is 11.5 Å². The molecule has 2 nitrogen and oxygen atoms in total. The molecule has 0 bridgehead atoms. The molecule has 0 spiro atoms. The normalized spacial score (nSPS) is 14.0. The van der Waals surface area contributed by atoms with Crippen LogP contribution in [0.5, 0.6) is 0 Å². The van der Waals surface area contributed by atoms with Crippen LogP contribution in [-0.2, 0) is 0 Å². The van der Waals surface area contributed by atoms with Crippen LogP contribution in [0.15, 0.2) is 42.5 Å². The molecule has 0 saturated heterocycles. The van der Waals surface area contributed by atoms with E-state index in [4.69, 9.17) is 5.73 Å². The van der Waals surface area contributed by atoms with Gasteiger partial charge in [-0.1, -0.05) is 45.0 Å². The van der Waals surface area contributed by atoms with Crippen LogP contribution in [0.3, 0.4) is 0 Å². The third-order valence-electron chi connectivity index (χ3n) is 4.64. The van der Waals surface area contributed by atoms with Crippen LogP contribution in [0.4, 0.5) is 0 Å². The van der Waals surface area contributed by atoms with Crippen molar-refractivity contribution >= 4 is 21.8 Å². The number of fused-ring (bicyclic) bond motifs is 3. The monoisotopic (exact) mass is 266 g/mol. The van der Waals surface area contributed by atoms with Crippen molar-refractivity contribution in [3.05, 3.63) is 48.0 Å². The highest BCUT2D eigenvalue weighted by molar-refractivity contribution is 6.07. The zero-order valence-electron chi connectivity index (χ0n) is 12.4. The van der Waals surface area contributed by atoms with Crippen LogP contribution in [0.1, 0.15) is 38.8 Å². The summed E-state index contributed by atoms with van der Waals surface area (Å²) in [5, 5.41) is 2.53. The number of rotatable bonds is 3. The maximum Gasteiger partial charge on any atom is 0.0465 e. The number of hydrogen-bond acceptors (Lipinski definition) is 1. The molecule has 1 atom stereocenters. The van der Waals surface area contributed by atoms with E-state index in [1.54, 1.807) is 0 Å². The van der Waals surface area contributed by atoms with Gasteiger partial charge >= 0.3 is 0 Å². The topological polar surface area (TPSA) is 41.8 Å². The number of para-hydroxylation sites is 1. The third kappa shape index (κ3) is 2.01. The zero-order chi connectivity index (χ0) is 14.3. The van der Waals surface area contributed by atoms with Crippen LogP contribution >= 0.6 is 0 Å². The summed E-state index contributed by atoms with van der Waals surface area (Å²) < 4.78 is 0. The Bertz CT molecular complexity index is 752. The Balaban J connectivity index is 2.17. The Morgan fingerprint density at radius 1 is 1.05 bits per heavy atom. The Kier molecular flexibility index (Phi) is 3.06. The van der Waals surface area contributed by atoms with Crippen LogP contribution in [0.2, 0.25) is 0 Å². The van der Waals surface area contributed by atoms with Crippen molar-refractivity contribution in [3.63, 3.8) is 0 Å². The first kappa shape index (κ1) is 13.2. The minimum Gasteiger partial charge on any atom is -0.355 e. The second kappa shape index (κ2) is 4.64. The van der Waals surface area contributed by atoms with Crippen LogP contribution in [0, 0.1) is 5.41 Å². The van der Waals surface area contributed by atoms with E-state index in [1.807, 2.05) is 0 Å². The van der Waals surface area contributed by atoms with E-state index in [0.29, 0.717) is 0 Å². The van der Waals surface area contributed by atoms with E-state index in [2.05, 4.69) is 68.2 Å². The summed E-state index contributed by atoms with van der Waals surface area (Å²) in [4.78, 5) is 3.46. The molecule has 3 rings (SSSR count). The molecular formula is C18H22N2. The molecule has 1 aromatic heterocycles. The first-order chi connectivity index (χ1) is 9.53. The predicted molar refractivity (Wildman–Crippen MR) is 86.8 cm³/mol. The summed E-state index contributed by atoms with van der Waals surface area (Å²) in [6.45, 7) is 6.66. The van der Waals surface area contributed by atoms with E-state index >= 15 is 0 Å². The van der Waals surface area contributed by atoms with Gasteiger partial charge in [0, 0.05) is 27.8 Å². The van der Waals surface area contributed by atoms with E-state index in [1.165, 1.54) is 27.4 Å². The Morgan fingerprint density at radius 2 is 1.75 bits per heavy atom. The number of aromatic nitrogens is 1. The van der Waals surface area contributed by atoms with Gasteiger partial charge in [-0.2, -0.15) is 0 Å². The lowest BCUT2D eigenvalue weighted by Crippen LogP contribution is -2.28. The number of hydrogen-bond donors (Lipinski definition) is 2. The van der Waals surface area contributed by atoms with Gasteiger partial charge in [0.15, 0.2) is 0 Å². The molecule has 104 valence electrons. The second-order valence-corrected chi connectivity index (χ2v) is 6.30. The summed E-state index contributed by atoms with van der Waals surface area (Å²) in [7, 11) is 0. The van der Waals surface area contributed by atoms with Crippen LogP contribution in [0.25, 0.3) is 21.8 Å². The SMILES string of the molecule is CCC(C)(C)C(N)c1ccc2[nH]c3ccccc3c2c1. The van der Waals surface area contributed by atoms with E-state index in [9.17, 15) is 0 Å². The lowest BCUT2D eigenvalue weighted by Gasteiger charge is -2.30. The van der Waals surface area contributed by atoms with Crippen molar-refractivity contribution in [2.75, 3.05) is 0 Å². The lowest BCUT2D eigenvalue weighted by atomic mass is 9.79. The van der Waals surface area contributed by atoms with Gasteiger partial charge in [-0.05, 0) is 35.6 Å².